The van der Waals surface area contributed by atoms with E-state index in [1.165, 1.54) is 4.88 Å². The van der Waals surface area contributed by atoms with Crippen molar-refractivity contribution in [2.45, 2.75) is 6.54 Å². The molecule has 2 N–H and O–H groups in total. The van der Waals surface area contributed by atoms with Gasteiger partial charge in [0.2, 0.25) is 11.8 Å². The van der Waals surface area contributed by atoms with Gasteiger partial charge in [0.25, 0.3) is 0 Å². The number of nitrogen functional groups attached to an aromatic ring is 1. The Hall–Kier alpha value is -1.60. The van der Waals surface area contributed by atoms with Crippen molar-refractivity contribution in [2.75, 3.05) is 12.8 Å². The fourth-order valence-electron chi connectivity index (χ4n) is 1.86. The summed E-state index contributed by atoms with van der Waals surface area (Å²) < 4.78 is 8.10. The molecule has 0 aromatic carbocycles. The van der Waals surface area contributed by atoms with Crippen LogP contribution in [0.25, 0.3) is 11.2 Å². The van der Waals surface area contributed by atoms with Crippen molar-refractivity contribution in [3.63, 3.8) is 0 Å². The summed E-state index contributed by atoms with van der Waals surface area (Å²) in [5.41, 5.74) is 7.47. The molecule has 98 valence electrons. The van der Waals surface area contributed by atoms with E-state index in [1.807, 2.05) is 16.0 Å². The maximum absolute atomic E-state index is 5.96. The third-order valence-electron chi connectivity index (χ3n) is 2.74. The van der Waals surface area contributed by atoms with Gasteiger partial charge in [0, 0.05) is 20.8 Å². The number of imidazole rings is 1. The number of hydrogen-bond acceptors (Lipinski definition) is 5. The molecule has 3 heterocycles. The van der Waals surface area contributed by atoms with Crippen molar-refractivity contribution >= 4 is 44.4 Å². The van der Waals surface area contributed by atoms with Gasteiger partial charge in [-0.1, -0.05) is 0 Å². The summed E-state index contributed by atoms with van der Waals surface area (Å²) in [6, 6.07) is 5.70. The zero-order valence-electron chi connectivity index (χ0n) is 10.1. The molecular weight excluding hydrogens is 328 g/mol. The van der Waals surface area contributed by atoms with E-state index < -0.39 is 0 Å². The van der Waals surface area contributed by atoms with Crippen LogP contribution in [0.15, 0.2) is 28.1 Å². The topological polar surface area (TPSA) is 66.0 Å². The van der Waals surface area contributed by atoms with Crippen LogP contribution < -0.4 is 10.5 Å². The van der Waals surface area contributed by atoms with Gasteiger partial charge in [0.15, 0.2) is 5.65 Å². The Morgan fingerprint density at radius 2 is 2.26 bits per heavy atom. The van der Waals surface area contributed by atoms with Gasteiger partial charge < -0.3 is 10.5 Å². The van der Waals surface area contributed by atoms with Gasteiger partial charge in [-0.15, -0.1) is 11.3 Å². The van der Waals surface area contributed by atoms with Gasteiger partial charge in [-0.3, -0.25) is 4.57 Å². The van der Waals surface area contributed by atoms with Crippen LogP contribution in [0.2, 0.25) is 0 Å². The first-order valence-corrected chi connectivity index (χ1v) is 7.24. The summed E-state index contributed by atoms with van der Waals surface area (Å²) in [4.78, 5) is 9.90. The number of pyridine rings is 1. The first-order chi connectivity index (χ1) is 9.17. The second-order valence-electron chi connectivity index (χ2n) is 3.98. The zero-order valence-corrected chi connectivity index (χ0v) is 12.5. The third kappa shape index (κ3) is 2.31. The number of aromatic nitrogens is 3. The smallest absolute Gasteiger partial charge is 0.215 e. The Labute approximate surface area is 122 Å². The molecule has 0 spiro atoms. The molecule has 5 nitrogen and oxygen atoms in total. The SMILES string of the molecule is COc1ccc2nc(N)n(Cc3cc(Br)cs3)c2n1. The average molecular weight is 339 g/mol. The van der Waals surface area contributed by atoms with Gasteiger partial charge in [0.05, 0.1) is 13.7 Å². The number of anilines is 1. The molecule has 3 rings (SSSR count). The molecule has 0 unspecified atom stereocenters. The highest BCUT2D eigenvalue weighted by Gasteiger charge is 2.11. The second kappa shape index (κ2) is 4.82. The molecule has 0 saturated heterocycles. The van der Waals surface area contributed by atoms with Crippen LogP contribution in [-0.2, 0) is 6.54 Å². The largest absolute Gasteiger partial charge is 0.481 e. The number of fused-ring (bicyclic) bond motifs is 1. The molecule has 0 aliphatic heterocycles. The lowest BCUT2D eigenvalue weighted by Gasteiger charge is -2.04. The first kappa shape index (κ1) is 12.4. The fourth-order valence-corrected chi connectivity index (χ4v) is 3.30. The maximum atomic E-state index is 5.96. The number of ether oxygens (including phenoxy) is 1. The van der Waals surface area contributed by atoms with Crippen molar-refractivity contribution in [3.8, 4) is 5.88 Å². The van der Waals surface area contributed by atoms with E-state index in [-0.39, 0.29) is 0 Å². The van der Waals surface area contributed by atoms with Crippen molar-refractivity contribution in [1.82, 2.24) is 14.5 Å². The van der Waals surface area contributed by atoms with Crippen LogP contribution >= 0.6 is 27.3 Å². The summed E-state index contributed by atoms with van der Waals surface area (Å²) in [6.07, 6.45) is 0. The molecule has 3 aromatic rings. The third-order valence-corrected chi connectivity index (χ3v) is 4.42. The highest BCUT2D eigenvalue weighted by molar-refractivity contribution is 9.10. The molecule has 0 saturated carbocycles. The molecule has 0 amide bonds. The first-order valence-electron chi connectivity index (χ1n) is 5.57. The van der Waals surface area contributed by atoms with E-state index in [2.05, 4.69) is 32.0 Å². The number of nitrogens with zero attached hydrogens (tertiary/aromatic N) is 3. The van der Waals surface area contributed by atoms with E-state index in [0.29, 0.717) is 18.4 Å². The highest BCUT2D eigenvalue weighted by Crippen LogP contribution is 2.24. The number of methoxy groups -OCH3 is 1. The van der Waals surface area contributed by atoms with E-state index in [0.717, 1.165) is 15.6 Å². The minimum absolute atomic E-state index is 0.459. The minimum Gasteiger partial charge on any atom is -0.481 e. The van der Waals surface area contributed by atoms with Crippen molar-refractivity contribution in [2.24, 2.45) is 0 Å². The van der Waals surface area contributed by atoms with Gasteiger partial charge in [-0.25, -0.2) is 4.98 Å². The summed E-state index contributed by atoms with van der Waals surface area (Å²) >= 11 is 5.11. The number of thiophene rings is 1. The lowest BCUT2D eigenvalue weighted by atomic mass is 10.4. The Morgan fingerprint density at radius 3 is 2.95 bits per heavy atom. The predicted octanol–water partition coefficient (Wildman–Crippen LogP) is 2.89. The van der Waals surface area contributed by atoms with E-state index in [9.17, 15) is 0 Å². The summed E-state index contributed by atoms with van der Waals surface area (Å²) in [5.74, 6) is 1.02. The van der Waals surface area contributed by atoms with Crippen LogP contribution in [0.3, 0.4) is 0 Å². The van der Waals surface area contributed by atoms with Crippen molar-refractivity contribution in [1.29, 1.82) is 0 Å². The number of hydrogen-bond donors (Lipinski definition) is 1. The Kier molecular flexibility index (Phi) is 3.16. The second-order valence-corrected chi connectivity index (χ2v) is 5.90. The molecule has 7 heteroatoms. The predicted molar refractivity (Wildman–Crippen MR) is 79.6 cm³/mol. The van der Waals surface area contributed by atoms with Crippen LogP contribution in [-0.4, -0.2) is 21.6 Å². The van der Waals surface area contributed by atoms with E-state index in [4.69, 9.17) is 10.5 Å². The fraction of sp³-hybridized carbons (Fsp3) is 0.167. The summed E-state index contributed by atoms with van der Waals surface area (Å²) in [5, 5.41) is 2.04. The Bertz CT molecular complexity index is 736. The molecule has 19 heavy (non-hydrogen) atoms. The molecule has 3 aromatic heterocycles. The number of rotatable bonds is 3. The lowest BCUT2D eigenvalue weighted by Crippen LogP contribution is -2.04. The minimum atomic E-state index is 0.459. The van der Waals surface area contributed by atoms with Gasteiger partial charge in [-0.2, -0.15) is 4.98 Å². The van der Waals surface area contributed by atoms with Crippen molar-refractivity contribution in [3.05, 3.63) is 32.9 Å². The molecule has 0 fully saturated rings. The molecular formula is C12H11BrN4OS. The molecule has 0 atom stereocenters. The van der Waals surface area contributed by atoms with Gasteiger partial charge >= 0.3 is 0 Å². The lowest BCUT2D eigenvalue weighted by molar-refractivity contribution is 0.399. The molecule has 0 bridgehead atoms. The van der Waals surface area contributed by atoms with Gasteiger partial charge in [0.1, 0.15) is 5.52 Å². The molecule has 0 aliphatic rings. The highest BCUT2D eigenvalue weighted by atomic mass is 79.9. The monoisotopic (exact) mass is 338 g/mol. The average Bonchev–Trinajstić information content (AvgIpc) is 2.94. The quantitative estimate of drug-likeness (QED) is 0.797. The van der Waals surface area contributed by atoms with Crippen LogP contribution in [0.4, 0.5) is 5.95 Å². The van der Waals surface area contributed by atoms with Gasteiger partial charge in [-0.05, 0) is 28.1 Å². The van der Waals surface area contributed by atoms with Crippen LogP contribution in [0.5, 0.6) is 5.88 Å². The number of nitrogens with two attached hydrogens (primary N) is 1. The maximum Gasteiger partial charge on any atom is 0.215 e. The molecule has 0 radical (unpaired) electrons. The van der Waals surface area contributed by atoms with E-state index >= 15 is 0 Å². The van der Waals surface area contributed by atoms with Crippen LogP contribution in [0, 0.1) is 0 Å². The Balaban J connectivity index is 2.08. The van der Waals surface area contributed by atoms with E-state index in [1.54, 1.807) is 24.5 Å². The zero-order chi connectivity index (χ0) is 13.4. The Morgan fingerprint density at radius 1 is 1.42 bits per heavy atom. The number of halogens is 1. The van der Waals surface area contributed by atoms with Crippen LogP contribution in [0.1, 0.15) is 4.88 Å². The molecule has 0 aliphatic carbocycles. The standard InChI is InChI=1S/C12H11BrN4OS/c1-18-10-3-2-9-11(16-10)17(12(14)15-9)5-8-4-7(13)6-19-8/h2-4,6H,5H2,1H3,(H2,14,15). The normalized spacial score (nSPS) is 11.1. The summed E-state index contributed by atoms with van der Waals surface area (Å²) in [7, 11) is 1.59. The van der Waals surface area contributed by atoms with Crippen molar-refractivity contribution < 1.29 is 4.74 Å². The summed E-state index contributed by atoms with van der Waals surface area (Å²) in [6.45, 7) is 0.652.